The van der Waals surface area contributed by atoms with Gasteiger partial charge in [0.05, 0.1) is 0 Å². The Morgan fingerprint density at radius 1 is 1.10 bits per heavy atom. The van der Waals surface area contributed by atoms with Crippen molar-refractivity contribution in [2.24, 2.45) is 11.8 Å². The molecule has 2 aliphatic carbocycles. The van der Waals surface area contributed by atoms with E-state index in [2.05, 4.69) is 11.6 Å². The summed E-state index contributed by atoms with van der Waals surface area (Å²) < 4.78 is 0. The van der Waals surface area contributed by atoms with Gasteiger partial charge in [-0.25, -0.2) is 0 Å². The molecule has 0 radical (unpaired) electrons. The molecule has 2 atom stereocenters. The second-order valence-corrected chi connectivity index (χ2v) is 7.68. The van der Waals surface area contributed by atoms with E-state index < -0.39 is 0 Å². The van der Waals surface area contributed by atoms with E-state index >= 15 is 0 Å². The highest BCUT2D eigenvalue weighted by Gasteiger charge is 2.48. The third kappa shape index (κ3) is 3.22. The number of nitrogens with one attached hydrogen (secondary N) is 1. The van der Waals surface area contributed by atoms with E-state index in [1.54, 1.807) is 11.8 Å². The fourth-order valence-corrected chi connectivity index (χ4v) is 4.24. The van der Waals surface area contributed by atoms with E-state index in [9.17, 15) is 9.59 Å². The fourth-order valence-electron chi connectivity index (χ4n) is 3.86. The van der Waals surface area contributed by atoms with Gasteiger partial charge in [0.15, 0.2) is 0 Å². The first-order valence-corrected chi connectivity index (χ1v) is 9.71. The molecule has 0 bridgehead atoms. The molecule has 4 nitrogen and oxygen atoms in total. The van der Waals surface area contributed by atoms with E-state index in [4.69, 9.17) is 0 Å². The van der Waals surface area contributed by atoms with Crippen LogP contribution in [0.4, 0.5) is 0 Å². The molecule has 0 spiro atoms. The number of carbonyl (C=O) groups is 2. The van der Waals surface area contributed by atoms with Crippen molar-refractivity contribution in [3.8, 4) is 0 Å². The first-order chi connectivity index (χ1) is 10.2. The van der Waals surface area contributed by atoms with Crippen molar-refractivity contribution in [3.05, 3.63) is 0 Å². The number of rotatable bonds is 5. The maximum absolute atomic E-state index is 12.8. The molecule has 1 aliphatic heterocycles. The SMILES string of the molecule is CSCCN1C(=O)C(C2CC2)NC(=O)C1C1CCCCC1. The predicted octanol–water partition coefficient (Wildman–Crippen LogP) is 2.04. The molecule has 0 aromatic rings. The highest BCUT2D eigenvalue weighted by molar-refractivity contribution is 7.98. The van der Waals surface area contributed by atoms with E-state index in [1.165, 1.54) is 19.3 Å². The molecule has 2 unspecified atom stereocenters. The van der Waals surface area contributed by atoms with Gasteiger partial charge in [-0.15, -0.1) is 0 Å². The number of hydrogen-bond donors (Lipinski definition) is 1. The van der Waals surface area contributed by atoms with Crippen LogP contribution < -0.4 is 5.32 Å². The van der Waals surface area contributed by atoms with Crippen molar-refractivity contribution in [2.75, 3.05) is 18.6 Å². The van der Waals surface area contributed by atoms with Crippen molar-refractivity contribution >= 4 is 23.6 Å². The highest BCUT2D eigenvalue weighted by atomic mass is 32.2. The first-order valence-electron chi connectivity index (χ1n) is 8.32. The average Bonchev–Trinajstić information content (AvgIpc) is 3.33. The molecule has 0 aromatic heterocycles. The minimum absolute atomic E-state index is 0.111. The van der Waals surface area contributed by atoms with Crippen molar-refractivity contribution < 1.29 is 9.59 Å². The molecule has 21 heavy (non-hydrogen) atoms. The van der Waals surface area contributed by atoms with Crippen molar-refractivity contribution in [2.45, 2.75) is 57.0 Å². The Kier molecular flexibility index (Phi) is 4.77. The van der Waals surface area contributed by atoms with Crippen molar-refractivity contribution in [3.63, 3.8) is 0 Å². The summed E-state index contributed by atoms with van der Waals surface area (Å²) >= 11 is 1.75. The summed E-state index contributed by atoms with van der Waals surface area (Å²) in [5.41, 5.74) is 0. The quantitative estimate of drug-likeness (QED) is 0.845. The van der Waals surface area contributed by atoms with E-state index in [0.29, 0.717) is 11.8 Å². The van der Waals surface area contributed by atoms with Gasteiger partial charge in [-0.3, -0.25) is 9.59 Å². The third-order valence-corrected chi connectivity index (χ3v) is 5.77. The largest absolute Gasteiger partial charge is 0.342 e. The van der Waals surface area contributed by atoms with Crippen LogP contribution in [0.5, 0.6) is 0 Å². The third-order valence-electron chi connectivity index (χ3n) is 5.18. The Morgan fingerprint density at radius 2 is 1.81 bits per heavy atom. The van der Waals surface area contributed by atoms with Crippen LogP contribution in [0.2, 0.25) is 0 Å². The van der Waals surface area contributed by atoms with Crippen LogP contribution in [0.15, 0.2) is 0 Å². The lowest BCUT2D eigenvalue weighted by molar-refractivity contribution is -0.152. The molecular weight excluding hydrogens is 284 g/mol. The maximum Gasteiger partial charge on any atom is 0.246 e. The topological polar surface area (TPSA) is 49.4 Å². The molecule has 2 saturated carbocycles. The van der Waals surface area contributed by atoms with Gasteiger partial charge in [-0.05, 0) is 43.8 Å². The van der Waals surface area contributed by atoms with Gasteiger partial charge >= 0.3 is 0 Å². The summed E-state index contributed by atoms with van der Waals surface area (Å²) in [6.45, 7) is 0.720. The van der Waals surface area contributed by atoms with Crippen molar-refractivity contribution in [1.29, 1.82) is 0 Å². The van der Waals surface area contributed by atoms with Crippen LogP contribution >= 0.6 is 11.8 Å². The molecule has 5 heteroatoms. The molecule has 118 valence electrons. The van der Waals surface area contributed by atoms with E-state index in [0.717, 1.165) is 38.0 Å². The normalized spacial score (nSPS) is 31.4. The lowest BCUT2D eigenvalue weighted by Gasteiger charge is -2.43. The Hall–Kier alpha value is -0.710. The van der Waals surface area contributed by atoms with Crippen LogP contribution in [0.1, 0.15) is 44.9 Å². The van der Waals surface area contributed by atoms with Crippen molar-refractivity contribution in [1.82, 2.24) is 10.2 Å². The maximum atomic E-state index is 12.8. The number of carbonyl (C=O) groups excluding carboxylic acids is 2. The van der Waals surface area contributed by atoms with Gasteiger partial charge in [0.25, 0.3) is 0 Å². The van der Waals surface area contributed by atoms with Crippen LogP contribution in [0, 0.1) is 11.8 Å². The summed E-state index contributed by atoms with van der Waals surface area (Å²) in [5.74, 6) is 1.97. The zero-order valence-electron chi connectivity index (χ0n) is 12.8. The predicted molar refractivity (Wildman–Crippen MR) is 85.1 cm³/mol. The van der Waals surface area contributed by atoms with Gasteiger partial charge in [0.1, 0.15) is 12.1 Å². The van der Waals surface area contributed by atoms with Crippen LogP contribution in [0.25, 0.3) is 0 Å². The second-order valence-electron chi connectivity index (χ2n) is 6.69. The van der Waals surface area contributed by atoms with Gasteiger partial charge < -0.3 is 10.2 Å². The van der Waals surface area contributed by atoms with Crippen LogP contribution in [0.3, 0.4) is 0 Å². The van der Waals surface area contributed by atoms with Crippen LogP contribution in [-0.2, 0) is 9.59 Å². The molecule has 1 saturated heterocycles. The van der Waals surface area contributed by atoms with Gasteiger partial charge in [0.2, 0.25) is 11.8 Å². The summed E-state index contributed by atoms with van der Waals surface area (Å²) in [5, 5.41) is 3.04. The Morgan fingerprint density at radius 3 is 2.43 bits per heavy atom. The summed E-state index contributed by atoms with van der Waals surface area (Å²) in [4.78, 5) is 27.4. The lowest BCUT2D eigenvalue weighted by atomic mass is 9.81. The molecule has 1 heterocycles. The molecular formula is C16H26N2O2S. The number of hydrogen-bond acceptors (Lipinski definition) is 3. The Balaban J connectivity index is 1.77. The molecule has 3 aliphatic rings. The molecule has 2 amide bonds. The zero-order chi connectivity index (χ0) is 14.8. The first kappa shape index (κ1) is 15.2. The minimum Gasteiger partial charge on any atom is -0.342 e. The van der Waals surface area contributed by atoms with E-state index in [-0.39, 0.29) is 23.9 Å². The van der Waals surface area contributed by atoms with Crippen LogP contribution in [-0.4, -0.2) is 47.4 Å². The van der Waals surface area contributed by atoms with Gasteiger partial charge in [-0.1, -0.05) is 19.3 Å². The molecule has 1 N–H and O–H groups in total. The zero-order valence-corrected chi connectivity index (χ0v) is 13.7. The molecule has 3 rings (SSSR count). The Bertz CT molecular complexity index is 405. The molecule has 3 fully saturated rings. The lowest BCUT2D eigenvalue weighted by Crippen LogP contribution is -2.66. The summed E-state index contributed by atoms with van der Waals surface area (Å²) in [7, 11) is 0. The fraction of sp³-hybridized carbons (Fsp3) is 0.875. The Labute approximate surface area is 131 Å². The average molecular weight is 310 g/mol. The number of amides is 2. The minimum atomic E-state index is -0.237. The number of piperazine rings is 1. The van der Waals surface area contributed by atoms with Gasteiger partial charge in [0, 0.05) is 12.3 Å². The summed E-state index contributed by atoms with van der Waals surface area (Å²) in [6.07, 6.45) is 10.1. The molecule has 0 aromatic carbocycles. The standard InChI is InChI=1S/C16H26N2O2S/c1-21-10-9-18-14(12-5-3-2-4-6-12)15(19)17-13(16(18)20)11-7-8-11/h11-14H,2-10H2,1H3,(H,17,19). The number of nitrogens with zero attached hydrogens (tertiary/aromatic N) is 1. The van der Waals surface area contributed by atoms with Gasteiger partial charge in [-0.2, -0.15) is 11.8 Å². The monoisotopic (exact) mass is 310 g/mol. The summed E-state index contributed by atoms with van der Waals surface area (Å²) in [6, 6.07) is -0.445. The smallest absolute Gasteiger partial charge is 0.246 e. The number of thioether (sulfide) groups is 1. The highest BCUT2D eigenvalue weighted by Crippen LogP contribution is 2.37. The van der Waals surface area contributed by atoms with E-state index in [1.807, 2.05) is 4.90 Å². The second kappa shape index (κ2) is 6.59.